The van der Waals surface area contributed by atoms with E-state index in [1.807, 2.05) is 0 Å². The number of halogens is 1. The zero-order valence-electron chi connectivity index (χ0n) is 11.5. The van der Waals surface area contributed by atoms with Crippen LogP contribution in [0, 0.1) is 29.8 Å². The maximum Gasteiger partial charge on any atom is 0.275 e. The second-order valence-electron chi connectivity index (χ2n) is 4.47. The Morgan fingerprint density at radius 1 is 1.33 bits per heavy atom. The average Bonchev–Trinajstić information content (AvgIpc) is 2.38. The molecule has 7 nitrogen and oxygen atoms in total. The van der Waals surface area contributed by atoms with Gasteiger partial charge in [-0.3, -0.25) is 10.1 Å². The number of hydrogen-bond donors (Lipinski definition) is 1. The van der Waals surface area contributed by atoms with E-state index in [2.05, 4.69) is 9.97 Å². The molecule has 0 aliphatic heterocycles. The lowest BCUT2D eigenvalue weighted by atomic mass is 10.2. The molecule has 0 bridgehead atoms. The summed E-state index contributed by atoms with van der Waals surface area (Å²) in [6, 6.07) is 3.70. The molecule has 21 heavy (non-hydrogen) atoms. The number of ether oxygens (including phenoxy) is 1. The van der Waals surface area contributed by atoms with Crippen LogP contribution in [0.5, 0.6) is 5.75 Å². The molecule has 0 spiro atoms. The third kappa shape index (κ3) is 3.41. The first kappa shape index (κ1) is 14.6. The van der Waals surface area contributed by atoms with Crippen molar-refractivity contribution < 1.29 is 14.1 Å². The summed E-state index contributed by atoms with van der Waals surface area (Å²) in [5, 5.41) is 10.7. The molecule has 0 unspecified atom stereocenters. The van der Waals surface area contributed by atoms with Crippen LogP contribution < -0.4 is 10.5 Å². The van der Waals surface area contributed by atoms with Gasteiger partial charge in [-0.15, -0.1) is 0 Å². The predicted octanol–water partition coefficient (Wildman–Crippen LogP) is 2.30. The van der Waals surface area contributed by atoms with Gasteiger partial charge in [-0.25, -0.2) is 14.4 Å². The van der Waals surface area contributed by atoms with Gasteiger partial charge in [-0.1, -0.05) is 0 Å². The van der Waals surface area contributed by atoms with Gasteiger partial charge >= 0.3 is 0 Å². The standard InChI is InChI=1S/C13H13FN4O3/c1-7-3-11(9(14)5-10(7)18(19)20)21-6-13-16-8(2)4-12(15)17-13/h3-5H,6H2,1-2H3,(H2,15,16,17). The lowest BCUT2D eigenvalue weighted by Crippen LogP contribution is -2.06. The number of nitrogen functional groups attached to an aromatic ring is 1. The van der Waals surface area contributed by atoms with Gasteiger partial charge in [-0.05, 0) is 19.9 Å². The SMILES string of the molecule is Cc1cc(N)nc(COc2cc(C)c([N+](=O)[O-])cc2F)n1. The number of benzene rings is 1. The second-order valence-corrected chi connectivity index (χ2v) is 4.47. The van der Waals surface area contributed by atoms with Crippen molar-refractivity contribution >= 4 is 11.5 Å². The van der Waals surface area contributed by atoms with Crippen molar-refractivity contribution in [2.45, 2.75) is 20.5 Å². The molecule has 0 aliphatic rings. The van der Waals surface area contributed by atoms with Gasteiger partial charge in [-0.2, -0.15) is 0 Å². The third-order valence-electron chi connectivity index (χ3n) is 2.72. The normalized spacial score (nSPS) is 10.4. The summed E-state index contributed by atoms with van der Waals surface area (Å²) in [6.45, 7) is 3.17. The van der Waals surface area contributed by atoms with E-state index in [1.54, 1.807) is 13.0 Å². The van der Waals surface area contributed by atoms with Crippen molar-refractivity contribution in [3.63, 3.8) is 0 Å². The maximum atomic E-state index is 13.8. The predicted molar refractivity (Wildman–Crippen MR) is 73.3 cm³/mol. The summed E-state index contributed by atoms with van der Waals surface area (Å²) >= 11 is 0. The number of nitro groups is 1. The fourth-order valence-electron chi connectivity index (χ4n) is 1.81. The van der Waals surface area contributed by atoms with Gasteiger partial charge in [0, 0.05) is 17.3 Å². The van der Waals surface area contributed by atoms with Gasteiger partial charge in [0.2, 0.25) is 0 Å². The van der Waals surface area contributed by atoms with Gasteiger partial charge < -0.3 is 10.5 Å². The summed E-state index contributed by atoms with van der Waals surface area (Å²) in [6.07, 6.45) is 0. The van der Waals surface area contributed by atoms with E-state index < -0.39 is 10.7 Å². The largest absolute Gasteiger partial charge is 0.483 e. The van der Waals surface area contributed by atoms with Gasteiger partial charge in [0.1, 0.15) is 12.4 Å². The van der Waals surface area contributed by atoms with Crippen LogP contribution in [0.4, 0.5) is 15.9 Å². The van der Waals surface area contributed by atoms with E-state index in [-0.39, 0.29) is 18.0 Å². The summed E-state index contributed by atoms with van der Waals surface area (Å²) in [7, 11) is 0. The topological polar surface area (TPSA) is 104 Å². The molecule has 0 amide bonds. The van der Waals surface area contributed by atoms with Crippen LogP contribution in [0.3, 0.4) is 0 Å². The average molecular weight is 292 g/mol. The molecule has 2 aromatic rings. The molecular formula is C13H13FN4O3. The molecule has 0 saturated carbocycles. The highest BCUT2D eigenvalue weighted by atomic mass is 19.1. The second kappa shape index (κ2) is 5.70. The van der Waals surface area contributed by atoms with Crippen molar-refractivity contribution in [1.29, 1.82) is 0 Å². The van der Waals surface area contributed by atoms with Crippen LogP contribution in [0.2, 0.25) is 0 Å². The number of rotatable bonds is 4. The monoisotopic (exact) mass is 292 g/mol. The molecule has 0 fully saturated rings. The minimum atomic E-state index is -0.812. The molecule has 8 heteroatoms. The molecular weight excluding hydrogens is 279 g/mol. The zero-order chi connectivity index (χ0) is 15.6. The first-order chi connectivity index (χ1) is 9.86. The van der Waals surface area contributed by atoms with Gasteiger partial charge in [0.05, 0.1) is 11.0 Å². The summed E-state index contributed by atoms with van der Waals surface area (Å²) in [4.78, 5) is 18.1. The Morgan fingerprint density at radius 3 is 2.67 bits per heavy atom. The third-order valence-corrected chi connectivity index (χ3v) is 2.72. The van der Waals surface area contributed by atoms with Crippen molar-refractivity contribution in [2.75, 3.05) is 5.73 Å². The Bertz CT molecular complexity index is 686. The molecule has 110 valence electrons. The summed E-state index contributed by atoms with van der Waals surface area (Å²) in [5.74, 6) is -0.306. The maximum absolute atomic E-state index is 13.8. The van der Waals surface area contributed by atoms with Crippen LogP contribution in [0.25, 0.3) is 0 Å². The molecule has 0 saturated heterocycles. The van der Waals surface area contributed by atoms with Crippen LogP contribution in [0.15, 0.2) is 18.2 Å². The number of nitro benzene ring substituents is 1. The molecule has 1 aromatic carbocycles. The zero-order valence-corrected chi connectivity index (χ0v) is 11.5. The first-order valence-corrected chi connectivity index (χ1v) is 6.04. The van der Waals surface area contributed by atoms with Gasteiger partial charge in [0.25, 0.3) is 5.69 Å². The van der Waals surface area contributed by atoms with Gasteiger partial charge in [0.15, 0.2) is 17.4 Å². The Labute approximate surface area is 119 Å². The lowest BCUT2D eigenvalue weighted by Gasteiger charge is -2.08. The van der Waals surface area contributed by atoms with Crippen molar-refractivity contribution in [3.05, 3.63) is 51.2 Å². The van der Waals surface area contributed by atoms with Crippen molar-refractivity contribution in [1.82, 2.24) is 9.97 Å². The smallest absolute Gasteiger partial charge is 0.275 e. The fourth-order valence-corrected chi connectivity index (χ4v) is 1.81. The molecule has 0 radical (unpaired) electrons. The van der Waals surface area contributed by atoms with Crippen LogP contribution in [-0.4, -0.2) is 14.9 Å². The van der Waals surface area contributed by atoms with E-state index in [4.69, 9.17) is 10.5 Å². The fraction of sp³-hybridized carbons (Fsp3) is 0.231. The van der Waals surface area contributed by atoms with E-state index in [0.29, 0.717) is 22.9 Å². The number of anilines is 1. The summed E-state index contributed by atoms with van der Waals surface area (Å²) in [5.41, 5.74) is 6.26. The van der Waals surface area contributed by atoms with Crippen molar-refractivity contribution in [2.24, 2.45) is 0 Å². The van der Waals surface area contributed by atoms with E-state index in [0.717, 1.165) is 6.07 Å². The van der Waals surface area contributed by atoms with Crippen LogP contribution in [0.1, 0.15) is 17.1 Å². The Balaban J connectivity index is 2.20. The highest BCUT2D eigenvalue weighted by Gasteiger charge is 2.16. The lowest BCUT2D eigenvalue weighted by molar-refractivity contribution is -0.385. The Morgan fingerprint density at radius 2 is 2.05 bits per heavy atom. The highest BCUT2D eigenvalue weighted by Crippen LogP contribution is 2.27. The highest BCUT2D eigenvalue weighted by molar-refractivity contribution is 5.45. The Kier molecular flexibility index (Phi) is 3.97. The molecule has 1 aromatic heterocycles. The minimum Gasteiger partial charge on any atom is -0.483 e. The summed E-state index contributed by atoms with van der Waals surface area (Å²) < 4.78 is 19.0. The minimum absolute atomic E-state index is 0.0833. The molecule has 2 N–H and O–H groups in total. The van der Waals surface area contributed by atoms with E-state index in [1.165, 1.54) is 13.0 Å². The van der Waals surface area contributed by atoms with Crippen LogP contribution in [-0.2, 0) is 6.61 Å². The van der Waals surface area contributed by atoms with E-state index >= 15 is 0 Å². The number of hydrogen-bond acceptors (Lipinski definition) is 6. The number of nitrogens with two attached hydrogens (primary N) is 1. The first-order valence-electron chi connectivity index (χ1n) is 6.04. The molecule has 1 heterocycles. The quantitative estimate of drug-likeness (QED) is 0.685. The molecule has 2 rings (SSSR count). The van der Waals surface area contributed by atoms with Crippen molar-refractivity contribution in [3.8, 4) is 5.75 Å². The Hall–Kier alpha value is -2.77. The number of aryl methyl sites for hydroxylation is 2. The van der Waals surface area contributed by atoms with E-state index in [9.17, 15) is 14.5 Å². The molecule has 0 aliphatic carbocycles. The van der Waals surface area contributed by atoms with Crippen LogP contribution >= 0.6 is 0 Å². The molecule has 0 atom stereocenters. The number of aromatic nitrogens is 2. The number of nitrogens with zero attached hydrogens (tertiary/aromatic N) is 3.